The largest absolute Gasteiger partial charge is 0.469 e. The van der Waals surface area contributed by atoms with E-state index in [2.05, 4.69) is 0 Å². The molecule has 1 aliphatic carbocycles. The van der Waals surface area contributed by atoms with Crippen LogP contribution in [0, 0.1) is 11.3 Å². The number of hydrogen-bond acceptors (Lipinski definition) is 2. The Hall–Kier alpha value is -0.530. The molecular formula is C11H20O2. The van der Waals surface area contributed by atoms with Gasteiger partial charge < -0.3 is 4.74 Å². The van der Waals surface area contributed by atoms with Gasteiger partial charge in [0, 0.05) is 0 Å². The summed E-state index contributed by atoms with van der Waals surface area (Å²) in [5, 5.41) is 0. The number of ether oxygens (including phenoxy) is 1. The van der Waals surface area contributed by atoms with Crippen molar-refractivity contribution in [1.29, 1.82) is 0 Å². The Balaban J connectivity index is 2.44. The van der Waals surface area contributed by atoms with Gasteiger partial charge in [0.2, 0.25) is 0 Å². The van der Waals surface area contributed by atoms with Gasteiger partial charge in [-0.15, -0.1) is 0 Å². The molecule has 0 spiro atoms. The van der Waals surface area contributed by atoms with Crippen LogP contribution in [0.25, 0.3) is 0 Å². The lowest BCUT2D eigenvalue weighted by Gasteiger charge is -2.24. The lowest BCUT2D eigenvalue weighted by molar-refractivity contribution is -0.151. The highest BCUT2D eigenvalue weighted by Gasteiger charge is 2.32. The van der Waals surface area contributed by atoms with Crippen LogP contribution in [-0.2, 0) is 9.53 Å². The molecule has 0 aliphatic heterocycles. The third-order valence-electron chi connectivity index (χ3n) is 3.01. The highest BCUT2D eigenvalue weighted by Crippen LogP contribution is 2.36. The molecule has 76 valence electrons. The Morgan fingerprint density at radius 3 is 2.38 bits per heavy atom. The van der Waals surface area contributed by atoms with Gasteiger partial charge in [0.15, 0.2) is 0 Å². The van der Waals surface area contributed by atoms with Crippen molar-refractivity contribution >= 4 is 5.97 Å². The van der Waals surface area contributed by atoms with E-state index in [-0.39, 0.29) is 11.4 Å². The van der Waals surface area contributed by atoms with E-state index in [9.17, 15) is 4.79 Å². The smallest absolute Gasteiger partial charge is 0.311 e. The molecule has 0 radical (unpaired) electrons. The molecule has 0 heterocycles. The molecule has 0 amide bonds. The Morgan fingerprint density at radius 2 is 1.92 bits per heavy atom. The summed E-state index contributed by atoms with van der Waals surface area (Å²) in [4.78, 5) is 11.4. The SMILES string of the molecule is COC(=O)C(C)(C)CC1CCCC1. The summed E-state index contributed by atoms with van der Waals surface area (Å²) in [6.07, 6.45) is 6.24. The van der Waals surface area contributed by atoms with Gasteiger partial charge in [-0.2, -0.15) is 0 Å². The molecule has 0 atom stereocenters. The van der Waals surface area contributed by atoms with Crippen LogP contribution in [0.3, 0.4) is 0 Å². The first-order valence-corrected chi connectivity index (χ1v) is 5.14. The van der Waals surface area contributed by atoms with Crippen molar-refractivity contribution in [2.24, 2.45) is 11.3 Å². The number of carbonyl (C=O) groups excluding carboxylic acids is 1. The highest BCUT2D eigenvalue weighted by atomic mass is 16.5. The van der Waals surface area contributed by atoms with Crippen molar-refractivity contribution < 1.29 is 9.53 Å². The predicted molar refractivity (Wildman–Crippen MR) is 52.4 cm³/mol. The maximum atomic E-state index is 11.4. The minimum atomic E-state index is -0.288. The molecule has 1 rings (SSSR count). The predicted octanol–water partition coefficient (Wildman–Crippen LogP) is 2.77. The fourth-order valence-electron chi connectivity index (χ4n) is 2.30. The van der Waals surface area contributed by atoms with Crippen molar-refractivity contribution in [3.8, 4) is 0 Å². The van der Waals surface area contributed by atoms with E-state index >= 15 is 0 Å². The third-order valence-corrected chi connectivity index (χ3v) is 3.01. The molecule has 0 saturated heterocycles. The van der Waals surface area contributed by atoms with Crippen LogP contribution in [0.1, 0.15) is 46.0 Å². The molecule has 1 fully saturated rings. The van der Waals surface area contributed by atoms with E-state index in [0.717, 1.165) is 12.3 Å². The monoisotopic (exact) mass is 184 g/mol. The standard InChI is InChI=1S/C11H20O2/c1-11(2,10(12)13-3)8-9-6-4-5-7-9/h9H,4-8H2,1-3H3. The lowest BCUT2D eigenvalue weighted by Crippen LogP contribution is -2.27. The molecular weight excluding hydrogens is 164 g/mol. The fraction of sp³-hybridized carbons (Fsp3) is 0.909. The van der Waals surface area contributed by atoms with E-state index in [1.54, 1.807) is 0 Å². The van der Waals surface area contributed by atoms with Gasteiger partial charge in [-0.25, -0.2) is 0 Å². The Bertz CT molecular complexity index is 179. The molecule has 0 aromatic rings. The van der Waals surface area contributed by atoms with E-state index in [4.69, 9.17) is 4.74 Å². The minimum absolute atomic E-state index is 0.0700. The number of hydrogen-bond donors (Lipinski definition) is 0. The second-order valence-corrected chi connectivity index (χ2v) is 4.73. The molecule has 13 heavy (non-hydrogen) atoms. The van der Waals surface area contributed by atoms with Gasteiger partial charge in [-0.1, -0.05) is 25.7 Å². The Kier molecular flexibility index (Phi) is 3.34. The summed E-state index contributed by atoms with van der Waals surface area (Å²) in [5.74, 6) is 0.675. The average molecular weight is 184 g/mol. The summed E-state index contributed by atoms with van der Waals surface area (Å²) < 4.78 is 4.79. The van der Waals surface area contributed by atoms with Crippen LogP contribution in [0.15, 0.2) is 0 Å². The van der Waals surface area contributed by atoms with Gasteiger partial charge in [-0.05, 0) is 26.2 Å². The topological polar surface area (TPSA) is 26.3 Å². The highest BCUT2D eigenvalue weighted by molar-refractivity contribution is 5.75. The fourth-order valence-corrected chi connectivity index (χ4v) is 2.30. The number of methoxy groups -OCH3 is 1. The molecule has 0 aromatic heterocycles. The van der Waals surface area contributed by atoms with Crippen LogP contribution in [0.4, 0.5) is 0 Å². The molecule has 0 unspecified atom stereocenters. The average Bonchev–Trinajstić information content (AvgIpc) is 2.54. The number of rotatable bonds is 3. The second-order valence-electron chi connectivity index (χ2n) is 4.73. The molecule has 0 N–H and O–H groups in total. The third kappa shape index (κ3) is 2.71. The van der Waals surface area contributed by atoms with Crippen LogP contribution in [-0.4, -0.2) is 13.1 Å². The van der Waals surface area contributed by atoms with Gasteiger partial charge in [0.25, 0.3) is 0 Å². The van der Waals surface area contributed by atoms with Crippen LogP contribution < -0.4 is 0 Å². The van der Waals surface area contributed by atoms with E-state index in [1.807, 2.05) is 13.8 Å². The Morgan fingerprint density at radius 1 is 1.38 bits per heavy atom. The quantitative estimate of drug-likeness (QED) is 0.630. The summed E-state index contributed by atoms with van der Waals surface area (Å²) in [6.45, 7) is 3.97. The molecule has 2 heteroatoms. The normalized spacial score (nSPS) is 19.0. The van der Waals surface area contributed by atoms with Crippen molar-refractivity contribution in [3.05, 3.63) is 0 Å². The number of esters is 1. The molecule has 1 aliphatic rings. The second kappa shape index (κ2) is 4.12. The van der Waals surface area contributed by atoms with Gasteiger partial charge >= 0.3 is 5.97 Å². The van der Waals surface area contributed by atoms with E-state index < -0.39 is 0 Å². The first kappa shape index (κ1) is 10.6. The van der Waals surface area contributed by atoms with Crippen molar-refractivity contribution in [1.82, 2.24) is 0 Å². The summed E-state index contributed by atoms with van der Waals surface area (Å²) in [7, 11) is 1.47. The molecule has 1 saturated carbocycles. The van der Waals surface area contributed by atoms with Gasteiger partial charge in [0.1, 0.15) is 0 Å². The maximum absolute atomic E-state index is 11.4. The minimum Gasteiger partial charge on any atom is -0.469 e. The van der Waals surface area contributed by atoms with Crippen molar-refractivity contribution in [2.45, 2.75) is 46.0 Å². The Labute approximate surface area is 80.7 Å². The van der Waals surface area contributed by atoms with E-state index in [0.29, 0.717) is 0 Å². The van der Waals surface area contributed by atoms with Crippen LogP contribution in [0.2, 0.25) is 0 Å². The molecule has 2 nitrogen and oxygen atoms in total. The maximum Gasteiger partial charge on any atom is 0.311 e. The summed E-state index contributed by atoms with van der Waals surface area (Å²) >= 11 is 0. The van der Waals surface area contributed by atoms with Crippen molar-refractivity contribution in [3.63, 3.8) is 0 Å². The van der Waals surface area contributed by atoms with Crippen molar-refractivity contribution in [2.75, 3.05) is 7.11 Å². The van der Waals surface area contributed by atoms with Crippen LogP contribution >= 0.6 is 0 Å². The first-order chi connectivity index (χ1) is 6.06. The molecule has 0 aromatic carbocycles. The van der Waals surface area contributed by atoms with Gasteiger partial charge in [-0.3, -0.25) is 4.79 Å². The summed E-state index contributed by atoms with van der Waals surface area (Å²) in [5.41, 5.74) is -0.288. The first-order valence-electron chi connectivity index (χ1n) is 5.14. The molecule has 0 bridgehead atoms. The van der Waals surface area contributed by atoms with Gasteiger partial charge in [0.05, 0.1) is 12.5 Å². The van der Waals surface area contributed by atoms with E-state index in [1.165, 1.54) is 32.8 Å². The van der Waals surface area contributed by atoms with Crippen LogP contribution in [0.5, 0.6) is 0 Å². The lowest BCUT2D eigenvalue weighted by atomic mass is 9.82. The summed E-state index contributed by atoms with van der Waals surface area (Å²) in [6, 6.07) is 0. The zero-order chi connectivity index (χ0) is 9.90. The zero-order valence-electron chi connectivity index (χ0n) is 8.93. The number of carbonyl (C=O) groups is 1. The zero-order valence-corrected chi connectivity index (χ0v) is 8.93.